The first kappa shape index (κ1) is 15.3. The molecular weight excluding hydrogens is 256 g/mol. The van der Waals surface area contributed by atoms with Crippen LogP contribution in [0.1, 0.15) is 19.4 Å². The maximum Gasteiger partial charge on any atom is 0.350 e. The lowest BCUT2D eigenvalue weighted by Gasteiger charge is -2.05. The number of hydrogen-bond acceptors (Lipinski definition) is 5. The lowest BCUT2D eigenvalue weighted by Crippen LogP contribution is -2.14. The van der Waals surface area contributed by atoms with Crippen molar-refractivity contribution in [3.63, 3.8) is 0 Å². The van der Waals surface area contributed by atoms with Crippen LogP contribution in [0.25, 0.3) is 6.08 Å². The van der Waals surface area contributed by atoms with E-state index in [1.54, 1.807) is 36.4 Å². The molecule has 20 heavy (non-hydrogen) atoms. The molecule has 0 saturated carbocycles. The van der Waals surface area contributed by atoms with Gasteiger partial charge >= 0.3 is 5.97 Å². The number of rotatable bonds is 5. The van der Waals surface area contributed by atoms with Gasteiger partial charge in [0.25, 0.3) is 0 Å². The molecule has 0 amide bonds. The topological polar surface area (TPSA) is 83.1 Å². The molecule has 0 heterocycles. The Balaban J connectivity index is 2.87. The normalized spacial score (nSPS) is 11.9. The molecule has 0 aliphatic heterocycles. The zero-order chi connectivity index (χ0) is 15.0. The summed E-state index contributed by atoms with van der Waals surface area (Å²) in [7, 11) is 0. The van der Waals surface area contributed by atoms with Crippen LogP contribution >= 0.6 is 0 Å². The van der Waals surface area contributed by atoms with E-state index in [1.165, 1.54) is 13.0 Å². The van der Waals surface area contributed by atoms with E-state index < -0.39 is 12.1 Å². The molecule has 0 N–H and O–H groups in total. The molecular formula is C15H14N2O3. The smallest absolute Gasteiger partial charge is 0.350 e. The summed E-state index contributed by atoms with van der Waals surface area (Å²) in [6.45, 7) is 3.88. The average Bonchev–Trinajstić information content (AvgIpc) is 2.46. The zero-order valence-electron chi connectivity index (χ0n) is 11.3. The molecule has 102 valence electrons. The molecule has 1 aromatic carbocycles. The Morgan fingerprint density at radius 2 is 2.00 bits per heavy atom. The van der Waals surface area contributed by atoms with Gasteiger partial charge in [-0.3, -0.25) is 0 Å². The highest BCUT2D eigenvalue weighted by Crippen LogP contribution is 2.15. The van der Waals surface area contributed by atoms with Crippen LogP contribution in [0.5, 0.6) is 5.75 Å². The molecule has 0 radical (unpaired) electrons. The average molecular weight is 270 g/mol. The molecule has 1 rings (SSSR count). The first-order valence-corrected chi connectivity index (χ1v) is 6.06. The number of ether oxygens (including phenoxy) is 2. The zero-order valence-corrected chi connectivity index (χ0v) is 11.3. The molecule has 0 fully saturated rings. The van der Waals surface area contributed by atoms with Gasteiger partial charge in [-0.1, -0.05) is 12.1 Å². The highest BCUT2D eigenvalue weighted by Gasteiger charge is 2.14. The van der Waals surface area contributed by atoms with Gasteiger partial charge in [0.1, 0.15) is 23.5 Å². The third kappa shape index (κ3) is 4.47. The van der Waals surface area contributed by atoms with Crippen LogP contribution < -0.4 is 4.74 Å². The first-order valence-electron chi connectivity index (χ1n) is 6.06. The molecule has 0 aromatic heterocycles. The second-order valence-electron chi connectivity index (χ2n) is 3.85. The van der Waals surface area contributed by atoms with Gasteiger partial charge in [0, 0.05) is 0 Å². The number of carbonyl (C=O) groups excluding carboxylic acids is 1. The third-order valence-corrected chi connectivity index (χ3v) is 2.31. The summed E-state index contributed by atoms with van der Waals surface area (Å²) in [5.41, 5.74) is 0.517. The van der Waals surface area contributed by atoms with Crippen molar-refractivity contribution < 1.29 is 14.3 Å². The molecule has 0 saturated heterocycles. The SMILES string of the molecule is CCOc1ccc(/C=C(\C#N)C(=O)O[C@H](C)C#N)cc1. The molecule has 1 atom stereocenters. The van der Waals surface area contributed by atoms with Crippen molar-refractivity contribution in [2.75, 3.05) is 6.61 Å². The predicted molar refractivity (Wildman–Crippen MR) is 72.4 cm³/mol. The Morgan fingerprint density at radius 3 is 2.50 bits per heavy atom. The van der Waals surface area contributed by atoms with Crippen molar-refractivity contribution in [3.05, 3.63) is 35.4 Å². The number of nitriles is 2. The number of benzene rings is 1. The number of carbonyl (C=O) groups is 1. The van der Waals surface area contributed by atoms with E-state index in [4.69, 9.17) is 20.0 Å². The fourth-order valence-corrected chi connectivity index (χ4v) is 1.38. The minimum Gasteiger partial charge on any atom is -0.494 e. The van der Waals surface area contributed by atoms with Crippen molar-refractivity contribution in [3.8, 4) is 17.9 Å². The molecule has 5 heteroatoms. The van der Waals surface area contributed by atoms with Crippen molar-refractivity contribution in [1.82, 2.24) is 0 Å². The number of hydrogen-bond donors (Lipinski definition) is 0. The van der Waals surface area contributed by atoms with Gasteiger partial charge in [-0.2, -0.15) is 10.5 Å². The fourth-order valence-electron chi connectivity index (χ4n) is 1.38. The molecule has 0 unspecified atom stereocenters. The highest BCUT2D eigenvalue weighted by molar-refractivity contribution is 5.98. The van der Waals surface area contributed by atoms with Crippen molar-refractivity contribution in [2.45, 2.75) is 20.0 Å². The summed E-state index contributed by atoms with van der Waals surface area (Å²) in [5.74, 6) is -0.0979. The lowest BCUT2D eigenvalue weighted by molar-refractivity contribution is -0.140. The van der Waals surface area contributed by atoms with Gasteiger partial charge < -0.3 is 9.47 Å². The Labute approximate surface area is 117 Å². The largest absolute Gasteiger partial charge is 0.494 e. The highest BCUT2D eigenvalue weighted by atomic mass is 16.5. The Kier molecular flexibility index (Phi) is 5.80. The first-order chi connectivity index (χ1) is 9.60. The molecule has 0 bridgehead atoms. The standard InChI is InChI=1S/C15H14N2O3/c1-3-19-14-6-4-12(5-7-14)8-13(10-17)15(18)20-11(2)9-16/h4-8,11H,3H2,1-2H3/b13-8+/t11-/m1/s1. The monoisotopic (exact) mass is 270 g/mol. The van der Waals surface area contributed by atoms with Crippen molar-refractivity contribution in [1.29, 1.82) is 10.5 Å². The summed E-state index contributed by atoms with van der Waals surface area (Å²) in [4.78, 5) is 11.6. The minimum atomic E-state index is -0.889. The molecule has 0 spiro atoms. The van der Waals surface area contributed by atoms with Gasteiger partial charge in [0.05, 0.1) is 6.61 Å². The third-order valence-electron chi connectivity index (χ3n) is 2.31. The summed E-state index contributed by atoms with van der Waals surface area (Å²) in [5, 5.41) is 17.5. The van der Waals surface area contributed by atoms with E-state index in [-0.39, 0.29) is 5.57 Å². The molecule has 1 aromatic rings. The fraction of sp³-hybridized carbons (Fsp3) is 0.267. The minimum absolute atomic E-state index is 0.156. The maximum atomic E-state index is 11.6. The lowest BCUT2D eigenvalue weighted by atomic mass is 10.1. The summed E-state index contributed by atoms with van der Waals surface area (Å²) in [6.07, 6.45) is 0.516. The van der Waals surface area contributed by atoms with E-state index in [0.29, 0.717) is 17.9 Å². The Morgan fingerprint density at radius 1 is 1.35 bits per heavy atom. The van der Waals surface area contributed by atoms with Crippen LogP contribution in [0.15, 0.2) is 29.8 Å². The van der Waals surface area contributed by atoms with E-state index in [0.717, 1.165) is 0 Å². The number of nitrogens with zero attached hydrogens (tertiary/aromatic N) is 2. The van der Waals surface area contributed by atoms with Crippen LogP contribution in [0.2, 0.25) is 0 Å². The summed E-state index contributed by atoms with van der Waals surface area (Å²) >= 11 is 0. The summed E-state index contributed by atoms with van der Waals surface area (Å²) in [6, 6.07) is 10.5. The summed E-state index contributed by atoms with van der Waals surface area (Å²) < 4.78 is 10.1. The van der Waals surface area contributed by atoms with Crippen LogP contribution in [-0.2, 0) is 9.53 Å². The van der Waals surface area contributed by atoms with Crippen molar-refractivity contribution >= 4 is 12.0 Å². The second kappa shape index (κ2) is 7.60. The van der Waals surface area contributed by atoms with Gasteiger partial charge in [-0.05, 0) is 37.6 Å². The van der Waals surface area contributed by atoms with Gasteiger partial charge in [-0.25, -0.2) is 4.79 Å². The van der Waals surface area contributed by atoms with E-state index in [2.05, 4.69) is 0 Å². The molecule has 0 aliphatic rings. The van der Waals surface area contributed by atoms with Crippen LogP contribution in [-0.4, -0.2) is 18.7 Å². The van der Waals surface area contributed by atoms with Gasteiger partial charge in [0.2, 0.25) is 0 Å². The quantitative estimate of drug-likeness (QED) is 0.466. The van der Waals surface area contributed by atoms with E-state index in [9.17, 15) is 4.79 Å². The molecule has 5 nitrogen and oxygen atoms in total. The van der Waals surface area contributed by atoms with Gasteiger partial charge in [-0.15, -0.1) is 0 Å². The Hall–Kier alpha value is -2.79. The molecule has 0 aliphatic carbocycles. The van der Waals surface area contributed by atoms with Gasteiger partial charge in [0.15, 0.2) is 6.10 Å². The predicted octanol–water partition coefficient (Wildman–Crippen LogP) is 2.45. The van der Waals surface area contributed by atoms with E-state index >= 15 is 0 Å². The van der Waals surface area contributed by atoms with Crippen LogP contribution in [0.4, 0.5) is 0 Å². The second-order valence-corrected chi connectivity index (χ2v) is 3.85. The maximum absolute atomic E-state index is 11.6. The van der Waals surface area contributed by atoms with Crippen molar-refractivity contribution in [2.24, 2.45) is 0 Å². The number of esters is 1. The van der Waals surface area contributed by atoms with E-state index in [1.807, 2.05) is 6.92 Å². The van der Waals surface area contributed by atoms with Crippen LogP contribution in [0.3, 0.4) is 0 Å². The van der Waals surface area contributed by atoms with Crippen LogP contribution in [0, 0.1) is 22.7 Å². The Bertz CT molecular complexity index is 577.